The number of fused-ring (bicyclic) bond motifs is 1. The van der Waals surface area contributed by atoms with Crippen LogP contribution in [0.5, 0.6) is 5.75 Å². The predicted octanol–water partition coefficient (Wildman–Crippen LogP) is 4.20. The number of piperidine rings is 1. The molecule has 5 nitrogen and oxygen atoms in total. The summed E-state index contributed by atoms with van der Waals surface area (Å²) < 4.78 is 6.08. The van der Waals surface area contributed by atoms with Gasteiger partial charge in [-0.3, -0.25) is 15.1 Å². The third kappa shape index (κ3) is 4.95. The molecule has 2 unspecified atom stereocenters. The molecule has 0 bridgehead atoms. The van der Waals surface area contributed by atoms with Crippen LogP contribution in [-0.4, -0.2) is 49.8 Å². The Balaban J connectivity index is 1.08. The zero-order valence-electron chi connectivity index (χ0n) is 18.6. The molecule has 0 aliphatic carbocycles. The number of benzene rings is 2. The minimum absolute atomic E-state index is 0.0560. The molecule has 2 amide bonds. The highest BCUT2D eigenvalue weighted by molar-refractivity contribution is 6.30. The number of nitrogens with one attached hydrogen (secondary N) is 2. The number of anilines is 1. The first-order chi connectivity index (χ1) is 15.7. The number of quaternary nitrogens is 1. The van der Waals surface area contributed by atoms with Crippen LogP contribution in [0, 0.1) is 5.92 Å². The van der Waals surface area contributed by atoms with Crippen LogP contribution < -0.4 is 15.0 Å². The maximum atomic E-state index is 12.7. The maximum absolute atomic E-state index is 12.7. The van der Waals surface area contributed by atoms with Crippen LogP contribution in [0.4, 0.5) is 10.5 Å². The maximum Gasteiger partial charge on any atom is 0.419 e. The molecule has 0 aromatic heterocycles. The lowest BCUT2D eigenvalue weighted by Gasteiger charge is -2.27. The Bertz CT molecular complexity index is 910. The van der Waals surface area contributed by atoms with Gasteiger partial charge in [0.15, 0.2) is 0 Å². The van der Waals surface area contributed by atoms with Crippen molar-refractivity contribution in [2.45, 2.75) is 44.1 Å². The van der Waals surface area contributed by atoms with Crippen LogP contribution in [0.3, 0.4) is 0 Å². The number of ether oxygens (including phenoxy) is 1. The minimum Gasteiger partial charge on any atom is -0.493 e. The molecule has 0 saturated carbocycles. The van der Waals surface area contributed by atoms with Crippen molar-refractivity contribution in [2.24, 2.45) is 5.92 Å². The summed E-state index contributed by atoms with van der Waals surface area (Å²) >= 11 is 6.00. The van der Waals surface area contributed by atoms with E-state index in [2.05, 4.69) is 22.3 Å². The molecule has 3 aliphatic rings. The Morgan fingerprint density at radius 3 is 2.50 bits per heavy atom. The summed E-state index contributed by atoms with van der Waals surface area (Å²) in [5.41, 5.74) is 2.15. The second-order valence-corrected chi connectivity index (χ2v) is 9.95. The molecule has 3 saturated heterocycles. The highest BCUT2D eigenvalue weighted by Gasteiger charge is 2.37. The molecule has 0 spiro atoms. The van der Waals surface area contributed by atoms with Gasteiger partial charge < -0.3 is 4.74 Å². The Morgan fingerprint density at radius 1 is 1.00 bits per heavy atom. The highest BCUT2D eigenvalue weighted by Crippen LogP contribution is 2.33. The lowest BCUT2D eigenvalue weighted by molar-refractivity contribution is -0.819. The summed E-state index contributed by atoms with van der Waals surface area (Å²) in [5, 5.41) is 3.84. The van der Waals surface area contributed by atoms with Crippen molar-refractivity contribution in [1.82, 2.24) is 4.90 Å². The Kier molecular flexibility index (Phi) is 6.67. The molecule has 3 heterocycles. The molecule has 170 valence electrons. The van der Waals surface area contributed by atoms with Crippen molar-refractivity contribution >= 4 is 23.3 Å². The van der Waals surface area contributed by atoms with Crippen LogP contribution in [0.15, 0.2) is 48.5 Å². The number of amides is 2. The van der Waals surface area contributed by atoms with Gasteiger partial charge in [-0.2, -0.15) is 0 Å². The van der Waals surface area contributed by atoms with Gasteiger partial charge in [-0.05, 0) is 80.2 Å². The van der Waals surface area contributed by atoms with Crippen molar-refractivity contribution in [3.8, 4) is 5.75 Å². The summed E-state index contributed by atoms with van der Waals surface area (Å²) in [6.45, 7) is 4.97. The second-order valence-electron chi connectivity index (χ2n) is 9.51. The molecular weight excluding hydrogens is 422 g/mol. The number of halogens is 1. The SMILES string of the molecule is O=C(Nc1ccc(OCC2CCN3CCCC23)cc1)[NH+]1CCC(c2ccc(Cl)cc2)CC1. The van der Waals surface area contributed by atoms with Gasteiger partial charge in [-0.15, -0.1) is 0 Å². The van der Waals surface area contributed by atoms with Gasteiger partial charge in [0.25, 0.3) is 0 Å². The smallest absolute Gasteiger partial charge is 0.419 e. The van der Waals surface area contributed by atoms with Crippen LogP contribution in [0.25, 0.3) is 0 Å². The Morgan fingerprint density at radius 2 is 1.75 bits per heavy atom. The van der Waals surface area contributed by atoms with E-state index in [1.54, 1.807) is 0 Å². The monoisotopic (exact) mass is 454 g/mol. The molecule has 5 rings (SSSR count). The Labute approximate surface area is 195 Å². The van der Waals surface area contributed by atoms with E-state index in [-0.39, 0.29) is 6.03 Å². The van der Waals surface area contributed by atoms with Crippen molar-refractivity contribution < 1.29 is 14.4 Å². The van der Waals surface area contributed by atoms with Gasteiger partial charge in [0.2, 0.25) is 0 Å². The van der Waals surface area contributed by atoms with Crippen LogP contribution in [0.1, 0.15) is 43.6 Å². The zero-order chi connectivity index (χ0) is 21.9. The first kappa shape index (κ1) is 21.7. The van der Waals surface area contributed by atoms with Gasteiger partial charge in [0.1, 0.15) is 5.75 Å². The Hall–Kier alpha value is -2.08. The first-order valence-electron chi connectivity index (χ1n) is 12.0. The zero-order valence-corrected chi connectivity index (χ0v) is 19.3. The van der Waals surface area contributed by atoms with E-state index in [4.69, 9.17) is 16.3 Å². The molecule has 2 aromatic rings. The number of rotatable bonds is 5. The quantitative estimate of drug-likeness (QED) is 0.711. The van der Waals surface area contributed by atoms with Crippen LogP contribution >= 0.6 is 11.6 Å². The van der Waals surface area contributed by atoms with Crippen molar-refractivity contribution in [3.63, 3.8) is 0 Å². The third-order valence-corrected chi connectivity index (χ3v) is 7.83. The van der Waals surface area contributed by atoms with Crippen LogP contribution in [-0.2, 0) is 0 Å². The predicted molar refractivity (Wildman–Crippen MR) is 128 cm³/mol. The van der Waals surface area contributed by atoms with E-state index in [0.717, 1.165) is 59.9 Å². The largest absolute Gasteiger partial charge is 0.493 e. The lowest BCUT2D eigenvalue weighted by atomic mass is 9.89. The van der Waals surface area contributed by atoms with Gasteiger partial charge in [-0.25, -0.2) is 4.79 Å². The van der Waals surface area contributed by atoms with Gasteiger partial charge >= 0.3 is 6.03 Å². The van der Waals surface area contributed by atoms with E-state index in [9.17, 15) is 4.79 Å². The first-order valence-corrected chi connectivity index (χ1v) is 12.4. The van der Waals surface area contributed by atoms with E-state index in [0.29, 0.717) is 11.8 Å². The van der Waals surface area contributed by atoms with Crippen molar-refractivity contribution in [3.05, 3.63) is 59.1 Å². The lowest BCUT2D eigenvalue weighted by Crippen LogP contribution is -3.16. The fourth-order valence-corrected chi connectivity index (χ4v) is 5.83. The molecule has 3 aliphatic heterocycles. The summed E-state index contributed by atoms with van der Waals surface area (Å²) in [6.07, 6.45) is 5.92. The fourth-order valence-electron chi connectivity index (χ4n) is 5.70. The van der Waals surface area contributed by atoms with E-state index >= 15 is 0 Å². The van der Waals surface area contributed by atoms with Crippen molar-refractivity contribution in [2.75, 3.05) is 38.1 Å². The van der Waals surface area contributed by atoms with E-state index < -0.39 is 0 Å². The summed E-state index contributed by atoms with van der Waals surface area (Å²) in [5.74, 6) is 2.04. The highest BCUT2D eigenvalue weighted by atomic mass is 35.5. The summed E-state index contributed by atoms with van der Waals surface area (Å²) in [4.78, 5) is 16.4. The summed E-state index contributed by atoms with van der Waals surface area (Å²) in [6, 6.07) is 16.7. The molecule has 2 aromatic carbocycles. The number of hydrogen-bond acceptors (Lipinski definition) is 3. The van der Waals surface area contributed by atoms with Gasteiger partial charge in [0, 0.05) is 35.5 Å². The molecule has 32 heavy (non-hydrogen) atoms. The van der Waals surface area contributed by atoms with E-state index in [1.165, 1.54) is 37.9 Å². The molecule has 3 fully saturated rings. The average molecular weight is 455 g/mol. The topological polar surface area (TPSA) is 46.0 Å². The molecule has 2 atom stereocenters. The van der Waals surface area contributed by atoms with Gasteiger partial charge in [-0.1, -0.05) is 23.7 Å². The number of urea groups is 1. The van der Waals surface area contributed by atoms with Gasteiger partial charge in [0.05, 0.1) is 19.7 Å². The standard InChI is InChI=1S/C26H32ClN3O2/c27-22-5-3-19(4-6-22)20-11-16-30(17-12-20)26(31)28-23-7-9-24(10-8-23)32-18-21-13-15-29-14-1-2-25(21)29/h3-10,20-21,25H,1-2,11-18H2,(H,28,31)/p+1. The second kappa shape index (κ2) is 9.82. The van der Waals surface area contributed by atoms with E-state index in [1.807, 2.05) is 36.4 Å². The molecule has 6 heteroatoms. The average Bonchev–Trinajstić information content (AvgIpc) is 3.44. The molecular formula is C26H33ClN3O2+. The number of carbonyl (C=O) groups excluding carboxylic acids is 1. The molecule has 2 N–H and O–H groups in total. The molecule has 0 radical (unpaired) electrons. The summed E-state index contributed by atoms with van der Waals surface area (Å²) in [7, 11) is 0. The number of likely N-dealkylation sites (tertiary alicyclic amines) is 1. The van der Waals surface area contributed by atoms with Crippen LogP contribution in [0.2, 0.25) is 5.02 Å². The normalized spacial score (nSPS) is 27.8. The number of hydrogen-bond donors (Lipinski definition) is 2. The number of carbonyl (C=O) groups is 1. The minimum atomic E-state index is 0.0560. The fraction of sp³-hybridized carbons (Fsp3) is 0.500. The number of nitrogens with zero attached hydrogens (tertiary/aromatic N) is 1. The third-order valence-electron chi connectivity index (χ3n) is 7.57. The van der Waals surface area contributed by atoms with Crippen molar-refractivity contribution in [1.29, 1.82) is 0 Å².